The van der Waals surface area contributed by atoms with Crippen molar-refractivity contribution in [3.63, 3.8) is 0 Å². The first-order chi connectivity index (χ1) is 6.77. The predicted molar refractivity (Wildman–Crippen MR) is 67.2 cm³/mol. The van der Waals surface area contributed by atoms with Gasteiger partial charge >= 0.3 is 0 Å². The highest BCUT2D eigenvalue weighted by Crippen LogP contribution is 2.31. The average molecular weight is 229 g/mol. The number of hydrogen-bond acceptors (Lipinski definition) is 3. The van der Waals surface area contributed by atoms with Crippen molar-refractivity contribution >= 4 is 23.1 Å². The van der Waals surface area contributed by atoms with Crippen LogP contribution in [0.1, 0.15) is 44.0 Å². The van der Waals surface area contributed by atoms with E-state index in [0.717, 1.165) is 12.8 Å². The Morgan fingerprint density at radius 2 is 2.14 bits per heavy atom. The second-order valence-electron chi connectivity index (χ2n) is 3.40. The van der Waals surface area contributed by atoms with Crippen LogP contribution in [0, 0.1) is 0 Å². The quantitative estimate of drug-likeness (QED) is 0.745. The van der Waals surface area contributed by atoms with Crippen molar-refractivity contribution in [3.05, 3.63) is 17.0 Å². The molecule has 1 nitrogen and oxygen atoms in total. The van der Waals surface area contributed by atoms with Gasteiger partial charge in [-0.3, -0.25) is 0 Å². The fraction of sp³-hybridized carbons (Fsp3) is 0.636. The van der Waals surface area contributed by atoms with E-state index in [9.17, 15) is 0 Å². The number of thiophene rings is 1. The van der Waals surface area contributed by atoms with E-state index in [1.165, 1.54) is 21.3 Å². The van der Waals surface area contributed by atoms with Gasteiger partial charge in [0.25, 0.3) is 0 Å². The summed E-state index contributed by atoms with van der Waals surface area (Å²) >= 11 is 3.80. The van der Waals surface area contributed by atoms with E-state index >= 15 is 0 Å². The van der Waals surface area contributed by atoms with Crippen molar-refractivity contribution in [2.75, 3.05) is 5.75 Å². The summed E-state index contributed by atoms with van der Waals surface area (Å²) < 4.78 is 1.41. The minimum Gasteiger partial charge on any atom is -0.323 e. The molecule has 0 bridgehead atoms. The number of nitrogens with two attached hydrogens (primary N) is 1. The normalized spacial score (nSPS) is 13.1. The smallest absolute Gasteiger partial charge is 0.0602 e. The van der Waals surface area contributed by atoms with Crippen molar-refractivity contribution in [2.24, 2.45) is 5.73 Å². The molecule has 3 heteroatoms. The molecule has 0 spiro atoms. The first kappa shape index (κ1) is 12.1. The molecule has 0 aromatic carbocycles. The summed E-state index contributed by atoms with van der Waals surface area (Å²) in [6.45, 7) is 4.39. The molecular weight excluding hydrogens is 210 g/mol. The van der Waals surface area contributed by atoms with Crippen LogP contribution in [-0.2, 0) is 0 Å². The summed E-state index contributed by atoms with van der Waals surface area (Å²) in [5, 5.41) is 0. The minimum absolute atomic E-state index is 0.251. The van der Waals surface area contributed by atoms with Gasteiger partial charge in [0, 0.05) is 10.9 Å². The lowest BCUT2D eigenvalue weighted by atomic mass is 10.1. The van der Waals surface area contributed by atoms with E-state index < -0.39 is 0 Å². The second-order valence-corrected chi connectivity index (χ2v) is 5.91. The van der Waals surface area contributed by atoms with Crippen molar-refractivity contribution < 1.29 is 0 Å². The van der Waals surface area contributed by atoms with Crippen LogP contribution in [0.25, 0.3) is 0 Å². The van der Waals surface area contributed by atoms with Gasteiger partial charge in [0.15, 0.2) is 0 Å². The van der Waals surface area contributed by atoms with Gasteiger partial charge in [0.1, 0.15) is 0 Å². The topological polar surface area (TPSA) is 26.0 Å². The molecule has 0 aliphatic carbocycles. The molecule has 1 atom stereocenters. The Balaban J connectivity index is 2.49. The molecule has 0 aliphatic rings. The van der Waals surface area contributed by atoms with Crippen LogP contribution in [0.4, 0.5) is 0 Å². The highest BCUT2D eigenvalue weighted by molar-refractivity contribution is 8.01. The van der Waals surface area contributed by atoms with Crippen LogP contribution in [0.5, 0.6) is 0 Å². The molecule has 1 aromatic heterocycles. The first-order valence-corrected chi connectivity index (χ1v) is 7.06. The summed E-state index contributed by atoms with van der Waals surface area (Å²) in [5.74, 6) is 1.21. The van der Waals surface area contributed by atoms with Gasteiger partial charge in [-0.05, 0) is 30.7 Å². The summed E-state index contributed by atoms with van der Waals surface area (Å²) in [6, 6.07) is 4.64. The monoisotopic (exact) mass is 229 g/mol. The zero-order valence-corrected chi connectivity index (χ0v) is 10.6. The van der Waals surface area contributed by atoms with Gasteiger partial charge < -0.3 is 5.73 Å². The zero-order valence-electron chi connectivity index (χ0n) is 8.95. The Kier molecular flexibility index (Phi) is 5.60. The number of hydrogen-bond donors (Lipinski definition) is 1. The number of thioether (sulfide) groups is 1. The zero-order chi connectivity index (χ0) is 10.4. The molecule has 1 rings (SSSR count). The summed E-state index contributed by atoms with van der Waals surface area (Å²) in [4.78, 5) is 1.34. The maximum absolute atomic E-state index is 6.05. The molecule has 1 aromatic rings. The van der Waals surface area contributed by atoms with E-state index in [1.807, 2.05) is 23.1 Å². The highest BCUT2D eigenvalue weighted by Gasteiger charge is 2.07. The average Bonchev–Trinajstić information content (AvgIpc) is 2.63. The Hall–Kier alpha value is 0.01000. The molecule has 1 unspecified atom stereocenters. The Bertz CT molecular complexity index is 258. The second kappa shape index (κ2) is 6.49. The van der Waals surface area contributed by atoms with E-state index in [-0.39, 0.29) is 6.04 Å². The lowest BCUT2D eigenvalue weighted by Gasteiger charge is -2.06. The SMILES string of the molecule is CCCSc1ccc(C(N)CCC)s1. The summed E-state index contributed by atoms with van der Waals surface area (Å²) in [6.07, 6.45) is 3.49. The largest absolute Gasteiger partial charge is 0.323 e. The first-order valence-electron chi connectivity index (χ1n) is 5.26. The van der Waals surface area contributed by atoms with Crippen LogP contribution < -0.4 is 5.73 Å². The maximum Gasteiger partial charge on any atom is 0.0602 e. The Labute approximate surface area is 95.1 Å². The third-order valence-electron chi connectivity index (χ3n) is 2.02. The maximum atomic E-state index is 6.05. The highest BCUT2D eigenvalue weighted by atomic mass is 32.2. The van der Waals surface area contributed by atoms with Crippen LogP contribution in [0.15, 0.2) is 16.3 Å². The van der Waals surface area contributed by atoms with Gasteiger partial charge in [-0.25, -0.2) is 0 Å². The van der Waals surface area contributed by atoms with E-state index in [0.29, 0.717) is 0 Å². The molecule has 0 saturated carbocycles. The molecule has 2 N–H and O–H groups in total. The molecule has 0 amide bonds. The third kappa shape index (κ3) is 3.64. The van der Waals surface area contributed by atoms with Crippen LogP contribution in [-0.4, -0.2) is 5.75 Å². The Morgan fingerprint density at radius 1 is 1.36 bits per heavy atom. The van der Waals surface area contributed by atoms with E-state index in [2.05, 4.69) is 26.0 Å². The fourth-order valence-electron chi connectivity index (χ4n) is 1.27. The molecule has 80 valence electrons. The van der Waals surface area contributed by atoms with Gasteiger partial charge in [-0.2, -0.15) is 0 Å². The molecule has 1 heterocycles. The van der Waals surface area contributed by atoms with Crippen LogP contribution in [0.3, 0.4) is 0 Å². The van der Waals surface area contributed by atoms with Crippen molar-refractivity contribution in [3.8, 4) is 0 Å². The molecule has 0 aliphatic heterocycles. The Morgan fingerprint density at radius 3 is 2.79 bits per heavy atom. The molecular formula is C11H19NS2. The minimum atomic E-state index is 0.251. The van der Waals surface area contributed by atoms with Crippen LogP contribution >= 0.6 is 23.1 Å². The fourth-order valence-corrected chi connectivity index (χ4v) is 3.38. The van der Waals surface area contributed by atoms with Gasteiger partial charge in [0.05, 0.1) is 4.21 Å². The molecule has 0 saturated heterocycles. The summed E-state index contributed by atoms with van der Waals surface area (Å²) in [5.41, 5.74) is 6.05. The van der Waals surface area contributed by atoms with Gasteiger partial charge in [0.2, 0.25) is 0 Å². The van der Waals surface area contributed by atoms with E-state index in [4.69, 9.17) is 5.73 Å². The predicted octanol–water partition coefficient (Wildman–Crippen LogP) is 4.05. The molecule has 0 fully saturated rings. The molecule has 0 radical (unpaired) electrons. The molecule has 14 heavy (non-hydrogen) atoms. The lowest BCUT2D eigenvalue weighted by molar-refractivity contribution is 0.648. The number of rotatable bonds is 6. The third-order valence-corrected chi connectivity index (χ3v) is 4.66. The van der Waals surface area contributed by atoms with Gasteiger partial charge in [-0.15, -0.1) is 23.1 Å². The van der Waals surface area contributed by atoms with Crippen molar-refractivity contribution in [1.29, 1.82) is 0 Å². The van der Waals surface area contributed by atoms with Crippen molar-refractivity contribution in [2.45, 2.75) is 43.4 Å². The van der Waals surface area contributed by atoms with Gasteiger partial charge in [-0.1, -0.05) is 20.3 Å². The standard InChI is InChI=1S/C11H19NS2/c1-3-5-9(12)10-6-7-11(14-10)13-8-4-2/h6-7,9H,3-5,8,12H2,1-2H3. The lowest BCUT2D eigenvalue weighted by Crippen LogP contribution is -2.07. The van der Waals surface area contributed by atoms with Crippen molar-refractivity contribution in [1.82, 2.24) is 0 Å². The van der Waals surface area contributed by atoms with Crippen LogP contribution in [0.2, 0.25) is 0 Å². The summed E-state index contributed by atoms with van der Waals surface area (Å²) in [7, 11) is 0. The van der Waals surface area contributed by atoms with E-state index in [1.54, 1.807) is 0 Å².